The molecule has 0 bridgehead atoms. The van der Waals surface area contributed by atoms with Crippen molar-refractivity contribution >= 4 is 29.5 Å². The number of nitrogens with one attached hydrogen (secondary N) is 2. The third-order valence-corrected chi connectivity index (χ3v) is 9.54. The molecule has 4 N–H and O–H groups in total. The molecule has 42 heavy (non-hydrogen) atoms. The van der Waals surface area contributed by atoms with Crippen molar-refractivity contribution in [1.29, 1.82) is 0 Å². The molecule has 4 atom stereocenters. The molecule has 2 aliphatic rings. The zero-order valence-electron chi connectivity index (χ0n) is 23.9. The van der Waals surface area contributed by atoms with Gasteiger partial charge in [0.25, 0.3) is 11.8 Å². The first kappa shape index (κ1) is 29.6. The van der Waals surface area contributed by atoms with Crippen LogP contribution in [-0.2, 0) is 22.4 Å². The third kappa shape index (κ3) is 6.00. The maximum Gasteiger partial charge on any atom is 0.254 e. The van der Waals surface area contributed by atoms with Crippen LogP contribution in [0.5, 0.6) is 5.75 Å². The van der Waals surface area contributed by atoms with Crippen LogP contribution in [0.15, 0.2) is 66.9 Å². The maximum absolute atomic E-state index is 13.9. The largest absolute Gasteiger partial charge is 0.508 e. The zero-order valence-corrected chi connectivity index (χ0v) is 24.7. The minimum absolute atomic E-state index is 0.0234. The number of aromatic nitrogens is 1. The molecule has 5 rings (SSSR count). The van der Waals surface area contributed by atoms with Crippen molar-refractivity contribution in [3.05, 3.63) is 94.8 Å². The van der Waals surface area contributed by atoms with Crippen LogP contribution in [0, 0.1) is 6.92 Å². The molecule has 1 aromatic heterocycles. The summed E-state index contributed by atoms with van der Waals surface area (Å²) < 4.78 is -0.604. The van der Waals surface area contributed by atoms with Crippen LogP contribution in [0.1, 0.15) is 59.1 Å². The predicted molar refractivity (Wildman–Crippen MR) is 161 cm³/mol. The number of phenolic OH excluding ortho intramolecular Hbond substituents is 1. The predicted octanol–water partition coefficient (Wildman–Crippen LogP) is 3.28. The number of aliphatic hydroxyl groups excluding tert-OH is 1. The van der Waals surface area contributed by atoms with Gasteiger partial charge in [0.05, 0.1) is 18.0 Å². The van der Waals surface area contributed by atoms with Gasteiger partial charge in [-0.2, -0.15) is 0 Å². The molecule has 1 aliphatic heterocycles. The van der Waals surface area contributed by atoms with Crippen LogP contribution in [0.25, 0.3) is 0 Å². The highest BCUT2D eigenvalue weighted by Gasteiger charge is 2.50. The molecule has 4 unspecified atom stereocenters. The molecule has 220 valence electrons. The van der Waals surface area contributed by atoms with Crippen molar-refractivity contribution < 1.29 is 24.6 Å². The lowest BCUT2D eigenvalue weighted by molar-refractivity contribution is -0.147. The van der Waals surface area contributed by atoms with Crippen molar-refractivity contribution in [2.75, 3.05) is 5.88 Å². The Kier molecular flexibility index (Phi) is 8.56. The molecule has 1 aliphatic carbocycles. The standard InChI is InChI=1S/C32H36N4O5S/c1-19-21(11-7-13-26(19)37)29(39)35-25(17-20-9-5-4-6-10-20)27(38)31(41)36-18-42-32(2,3)28(36)30(40)34-24-15-14-23-22(24)12-8-16-33-23/h4-13,16,24-25,27-28,37-38H,14-15,17-18H2,1-3H3,(H,34,40)(H,35,39). The van der Waals surface area contributed by atoms with E-state index in [9.17, 15) is 24.6 Å². The lowest BCUT2D eigenvalue weighted by Crippen LogP contribution is -2.59. The number of thioether (sulfide) groups is 1. The summed E-state index contributed by atoms with van der Waals surface area (Å²) in [6.45, 7) is 5.46. The Bertz CT molecular complexity index is 1480. The van der Waals surface area contributed by atoms with Gasteiger partial charge in [-0.1, -0.05) is 42.5 Å². The van der Waals surface area contributed by atoms with Crippen molar-refractivity contribution in [3.8, 4) is 5.75 Å². The number of aliphatic hydroxyl groups is 1. The maximum atomic E-state index is 13.9. The summed E-state index contributed by atoms with van der Waals surface area (Å²) in [5.74, 6) is -1.23. The van der Waals surface area contributed by atoms with Crippen molar-refractivity contribution in [2.45, 2.75) is 69.0 Å². The van der Waals surface area contributed by atoms with E-state index in [1.54, 1.807) is 25.3 Å². The number of rotatable bonds is 8. The van der Waals surface area contributed by atoms with E-state index in [0.717, 1.165) is 29.7 Å². The number of hydrogen-bond acceptors (Lipinski definition) is 7. The van der Waals surface area contributed by atoms with Gasteiger partial charge in [-0.25, -0.2) is 0 Å². The minimum atomic E-state index is -1.62. The van der Waals surface area contributed by atoms with Gasteiger partial charge in [0.2, 0.25) is 5.91 Å². The van der Waals surface area contributed by atoms with Gasteiger partial charge in [0, 0.05) is 27.8 Å². The van der Waals surface area contributed by atoms with Gasteiger partial charge in [-0.15, -0.1) is 11.8 Å². The molecular formula is C32H36N4O5S. The van der Waals surface area contributed by atoms with Crippen molar-refractivity contribution in [3.63, 3.8) is 0 Å². The number of aromatic hydroxyl groups is 1. The Hall–Kier alpha value is -3.89. The Balaban J connectivity index is 1.37. The highest BCUT2D eigenvalue weighted by Crippen LogP contribution is 2.40. The van der Waals surface area contributed by atoms with Gasteiger partial charge in [0.1, 0.15) is 11.8 Å². The van der Waals surface area contributed by atoms with E-state index < -0.39 is 34.7 Å². The molecule has 9 nitrogen and oxygen atoms in total. The summed E-state index contributed by atoms with van der Waals surface area (Å²) in [6.07, 6.45) is 1.81. The van der Waals surface area contributed by atoms with E-state index in [-0.39, 0.29) is 35.6 Å². The summed E-state index contributed by atoms with van der Waals surface area (Å²) in [7, 11) is 0. The number of benzene rings is 2. The summed E-state index contributed by atoms with van der Waals surface area (Å²) in [4.78, 5) is 46.8. The third-order valence-electron chi connectivity index (χ3n) is 8.16. The van der Waals surface area contributed by atoms with E-state index in [2.05, 4.69) is 15.6 Å². The number of pyridine rings is 1. The molecule has 1 fully saturated rings. The topological polar surface area (TPSA) is 132 Å². The minimum Gasteiger partial charge on any atom is -0.508 e. The van der Waals surface area contributed by atoms with E-state index in [4.69, 9.17) is 0 Å². The first-order valence-electron chi connectivity index (χ1n) is 14.1. The molecular weight excluding hydrogens is 552 g/mol. The smallest absolute Gasteiger partial charge is 0.254 e. The Labute approximate surface area is 249 Å². The van der Waals surface area contributed by atoms with Crippen molar-refractivity contribution in [1.82, 2.24) is 20.5 Å². The second-order valence-corrected chi connectivity index (χ2v) is 13.0. The Morgan fingerprint density at radius 3 is 2.62 bits per heavy atom. The summed E-state index contributed by atoms with van der Waals surface area (Å²) >= 11 is 1.47. The lowest BCUT2D eigenvalue weighted by Gasteiger charge is -2.34. The molecule has 2 heterocycles. The number of hydrogen-bond donors (Lipinski definition) is 4. The SMILES string of the molecule is Cc1c(O)cccc1C(=O)NC(Cc1ccccc1)C(O)C(=O)N1CSC(C)(C)C1C(=O)NC1CCc2ncccc21. The van der Waals surface area contributed by atoms with E-state index >= 15 is 0 Å². The number of amides is 3. The van der Waals surface area contributed by atoms with Crippen LogP contribution in [0.2, 0.25) is 0 Å². The molecule has 3 aromatic rings. The highest BCUT2D eigenvalue weighted by atomic mass is 32.2. The number of aryl methyl sites for hydroxylation is 1. The van der Waals surface area contributed by atoms with Crippen LogP contribution in [-0.4, -0.2) is 66.6 Å². The number of phenols is 1. The number of fused-ring (bicyclic) bond motifs is 1. The second kappa shape index (κ2) is 12.1. The van der Waals surface area contributed by atoms with Crippen LogP contribution in [0.4, 0.5) is 0 Å². The molecule has 0 radical (unpaired) electrons. The van der Waals surface area contributed by atoms with Crippen LogP contribution >= 0.6 is 11.8 Å². The van der Waals surface area contributed by atoms with E-state index in [1.165, 1.54) is 22.7 Å². The number of carbonyl (C=O) groups is 3. The molecule has 1 saturated heterocycles. The van der Waals surface area contributed by atoms with Gasteiger partial charge < -0.3 is 25.7 Å². The summed E-state index contributed by atoms with van der Waals surface area (Å²) in [6, 6.07) is 15.7. The summed E-state index contributed by atoms with van der Waals surface area (Å²) in [5.41, 5.74) is 3.41. The van der Waals surface area contributed by atoms with E-state index in [0.29, 0.717) is 5.56 Å². The first-order chi connectivity index (χ1) is 20.1. The van der Waals surface area contributed by atoms with Crippen LogP contribution < -0.4 is 10.6 Å². The van der Waals surface area contributed by atoms with Gasteiger partial charge in [0.15, 0.2) is 6.10 Å². The monoisotopic (exact) mass is 588 g/mol. The van der Waals surface area contributed by atoms with E-state index in [1.807, 2.05) is 56.3 Å². The van der Waals surface area contributed by atoms with Crippen LogP contribution in [0.3, 0.4) is 0 Å². The zero-order chi connectivity index (χ0) is 30.0. The highest BCUT2D eigenvalue weighted by molar-refractivity contribution is 8.00. The normalized spacial score (nSPS) is 20.4. The Morgan fingerprint density at radius 2 is 1.86 bits per heavy atom. The number of carbonyl (C=O) groups excluding carboxylic acids is 3. The Morgan fingerprint density at radius 1 is 1.10 bits per heavy atom. The van der Waals surface area contributed by atoms with Gasteiger partial charge >= 0.3 is 0 Å². The average molecular weight is 589 g/mol. The first-order valence-corrected chi connectivity index (χ1v) is 15.1. The fourth-order valence-corrected chi connectivity index (χ4v) is 6.93. The molecule has 10 heteroatoms. The second-order valence-electron chi connectivity index (χ2n) is 11.4. The molecule has 2 aromatic carbocycles. The fourth-order valence-electron chi connectivity index (χ4n) is 5.79. The molecule has 0 saturated carbocycles. The average Bonchev–Trinajstić information content (AvgIpc) is 3.53. The molecule has 3 amide bonds. The quantitative estimate of drug-likeness (QED) is 0.318. The lowest BCUT2D eigenvalue weighted by atomic mass is 9.96. The van der Waals surface area contributed by atoms with Gasteiger partial charge in [-0.3, -0.25) is 19.4 Å². The number of nitrogens with zero attached hydrogens (tertiary/aromatic N) is 2. The summed E-state index contributed by atoms with van der Waals surface area (Å²) in [5, 5.41) is 27.6. The fraction of sp³-hybridized carbons (Fsp3) is 0.375. The van der Waals surface area contributed by atoms with Crippen molar-refractivity contribution in [2.24, 2.45) is 0 Å². The molecule has 0 spiro atoms. The van der Waals surface area contributed by atoms with Gasteiger partial charge in [-0.05, 0) is 69.4 Å².